The molecule has 0 aromatic heterocycles. The van der Waals surface area contributed by atoms with Crippen molar-refractivity contribution in [1.82, 2.24) is 0 Å². The first-order chi connectivity index (χ1) is 37.0. The Balaban J connectivity index is 4.24. The van der Waals surface area contributed by atoms with Crippen molar-refractivity contribution in [3.05, 3.63) is 146 Å². The smallest absolute Gasteiger partial charge is 0.306 e. The van der Waals surface area contributed by atoms with E-state index in [1.165, 1.54) is 32.1 Å². The summed E-state index contributed by atoms with van der Waals surface area (Å²) >= 11 is 0. The van der Waals surface area contributed by atoms with E-state index in [2.05, 4.69) is 160 Å². The quantitative estimate of drug-likeness (QED) is 0.0195. The van der Waals surface area contributed by atoms with Gasteiger partial charge >= 0.3 is 11.9 Å². The monoisotopic (exact) mass is 1070 g/mol. The minimum absolute atomic E-state index is 0.0441. The molecule has 0 aromatic rings. The molecule has 0 spiro atoms. The Labute approximate surface area is 465 Å². The number of allylic oxidation sites excluding steroid dienone is 24. The number of carbonyl (C=O) groups is 2. The molecule has 0 aliphatic rings. The molecule has 0 N–H and O–H groups in total. The third-order valence-electron chi connectivity index (χ3n) is 11.9. The van der Waals surface area contributed by atoms with Crippen molar-refractivity contribution in [3.8, 4) is 0 Å². The van der Waals surface area contributed by atoms with Gasteiger partial charge in [-0.1, -0.05) is 224 Å². The summed E-state index contributed by atoms with van der Waals surface area (Å²) < 4.78 is 34.1. The minimum Gasteiger partial charge on any atom is -0.756 e. The third-order valence-corrected chi connectivity index (χ3v) is 12.8. The van der Waals surface area contributed by atoms with E-state index in [0.717, 1.165) is 135 Å². The van der Waals surface area contributed by atoms with Crippen LogP contribution in [-0.4, -0.2) is 70.0 Å². The molecule has 0 rings (SSSR count). The molecule has 0 radical (unpaired) electrons. The predicted molar refractivity (Wildman–Crippen MR) is 323 cm³/mol. The zero-order valence-electron chi connectivity index (χ0n) is 48.6. The Morgan fingerprint density at radius 2 is 0.711 bits per heavy atom. The van der Waals surface area contributed by atoms with Crippen LogP contribution in [-0.2, 0) is 32.7 Å². The van der Waals surface area contributed by atoms with Gasteiger partial charge in [0.2, 0.25) is 0 Å². The molecule has 0 bridgehead atoms. The van der Waals surface area contributed by atoms with E-state index < -0.39 is 32.5 Å². The molecule has 10 heteroatoms. The summed E-state index contributed by atoms with van der Waals surface area (Å²) in [6, 6.07) is 0. The van der Waals surface area contributed by atoms with Crippen molar-refractivity contribution in [2.75, 3.05) is 47.5 Å². The van der Waals surface area contributed by atoms with Gasteiger partial charge in [0.25, 0.3) is 7.82 Å². The summed E-state index contributed by atoms with van der Waals surface area (Å²) in [6.07, 6.45) is 81.7. The molecule has 430 valence electrons. The maximum absolute atomic E-state index is 12.8. The number of phosphoric ester groups is 1. The number of nitrogens with zero attached hydrogens (tertiary/aromatic N) is 1. The van der Waals surface area contributed by atoms with Crippen LogP contribution in [0.5, 0.6) is 0 Å². The number of likely N-dealkylation sites (N-methyl/N-ethyl adjacent to an activating group) is 1. The van der Waals surface area contributed by atoms with Gasteiger partial charge in [0.05, 0.1) is 27.7 Å². The normalized spacial score (nSPS) is 14.3. The Morgan fingerprint density at radius 3 is 1.05 bits per heavy atom. The van der Waals surface area contributed by atoms with Crippen LogP contribution >= 0.6 is 7.82 Å². The molecule has 0 saturated carbocycles. The zero-order valence-corrected chi connectivity index (χ0v) is 49.5. The zero-order chi connectivity index (χ0) is 55.6. The average molecular weight is 1070 g/mol. The maximum Gasteiger partial charge on any atom is 0.306 e. The maximum atomic E-state index is 12.8. The van der Waals surface area contributed by atoms with Crippen LogP contribution in [0.25, 0.3) is 0 Å². The standard InChI is InChI=1S/C66H108NO8P/c1-6-8-10-12-14-16-18-20-22-24-26-28-29-30-31-32-33-34-35-36-37-39-41-43-45-47-49-51-53-55-57-59-66(69)75-64(63-74-76(70,71)73-61-60-67(3,4)5)62-72-65(68)58-56-54-52-50-48-46-44-42-40-38-27-25-23-21-19-17-15-13-11-9-7-2/h8-11,14-17,20-23,26-28,30-31,33-34,36-38,42,44,64H,6-7,12-13,18-19,24-25,29,32,35,39-41,43,45-63H2,1-5H3/b10-8-,11-9-,16-14-,17-15-,22-20-,23-21-,28-26-,31-30-,34-33-,37-36-,38-27-,44-42-. The van der Waals surface area contributed by atoms with E-state index in [4.69, 9.17) is 18.5 Å². The van der Waals surface area contributed by atoms with Crippen LogP contribution < -0.4 is 4.89 Å². The molecule has 0 fully saturated rings. The van der Waals surface area contributed by atoms with Crippen molar-refractivity contribution in [2.24, 2.45) is 0 Å². The van der Waals surface area contributed by atoms with Crippen LogP contribution in [0.2, 0.25) is 0 Å². The largest absolute Gasteiger partial charge is 0.756 e. The molecular formula is C66H108NO8P. The molecule has 76 heavy (non-hydrogen) atoms. The van der Waals surface area contributed by atoms with Gasteiger partial charge in [-0.05, 0) is 116 Å². The lowest BCUT2D eigenvalue weighted by Crippen LogP contribution is -2.37. The van der Waals surface area contributed by atoms with Crippen molar-refractivity contribution >= 4 is 19.8 Å². The second kappa shape index (κ2) is 55.6. The molecule has 0 amide bonds. The Morgan fingerprint density at radius 1 is 0.408 bits per heavy atom. The SMILES string of the molecule is CC/C=C\C/C=C\C/C=C\C/C=C\C/C=C\C/C=C\C/C=C\CCCCCCCCCCCC(=O)OC(COC(=O)CCCCCCC/C=C\C/C=C\C/C=C\C/C=C\C/C=C\CC)COP(=O)([O-])OCC[N+](C)(C)C. The molecule has 0 aliphatic heterocycles. The lowest BCUT2D eigenvalue weighted by atomic mass is 10.1. The number of unbranched alkanes of at least 4 members (excludes halogenated alkanes) is 14. The predicted octanol–water partition coefficient (Wildman–Crippen LogP) is 18.1. The molecule has 2 unspecified atom stereocenters. The molecule has 9 nitrogen and oxygen atoms in total. The number of esters is 2. The minimum atomic E-state index is -4.65. The lowest BCUT2D eigenvalue weighted by Gasteiger charge is -2.28. The summed E-state index contributed by atoms with van der Waals surface area (Å²) in [7, 11) is 1.13. The molecule has 0 aromatic carbocycles. The topological polar surface area (TPSA) is 111 Å². The number of quaternary nitrogens is 1. The van der Waals surface area contributed by atoms with Crippen LogP contribution in [0, 0.1) is 0 Å². The van der Waals surface area contributed by atoms with Gasteiger partial charge in [-0.3, -0.25) is 14.2 Å². The highest BCUT2D eigenvalue weighted by molar-refractivity contribution is 7.45. The molecular weight excluding hydrogens is 966 g/mol. The van der Waals surface area contributed by atoms with E-state index in [-0.39, 0.29) is 26.1 Å². The fourth-order valence-electron chi connectivity index (χ4n) is 7.37. The van der Waals surface area contributed by atoms with Crippen LogP contribution in [0.15, 0.2) is 146 Å². The fourth-order valence-corrected chi connectivity index (χ4v) is 8.10. The highest BCUT2D eigenvalue weighted by Gasteiger charge is 2.21. The lowest BCUT2D eigenvalue weighted by molar-refractivity contribution is -0.870. The van der Waals surface area contributed by atoms with E-state index in [1.54, 1.807) is 0 Å². The van der Waals surface area contributed by atoms with Gasteiger partial charge in [-0.15, -0.1) is 0 Å². The molecule has 2 atom stereocenters. The van der Waals surface area contributed by atoms with Gasteiger partial charge in [0.1, 0.15) is 19.8 Å². The first-order valence-electron chi connectivity index (χ1n) is 29.5. The van der Waals surface area contributed by atoms with E-state index in [1.807, 2.05) is 21.1 Å². The van der Waals surface area contributed by atoms with Crippen LogP contribution in [0.4, 0.5) is 0 Å². The molecule has 0 saturated heterocycles. The Hall–Kier alpha value is -4.11. The van der Waals surface area contributed by atoms with E-state index in [0.29, 0.717) is 23.9 Å². The Bertz CT molecular complexity index is 1790. The van der Waals surface area contributed by atoms with E-state index >= 15 is 0 Å². The van der Waals surface area contributed by atoms with Gasteiger partial charge in [0, 0.05) is 12.8 Å². The summed E-state index contributed by atoms with van der Waals surface area (Å²) in [5.74, 6) is -0.874. The number of hydrogen-bond acceptors (Lipinski definition) is 8. The Kier molecular flexibility index (Phi) is 52.6. The van der Waals surface area contributed by atoms with Gasteiger partial charge in [0.15, 0.2) is 6.10 Å². The van der Waals surface area contributed by atoms with E-state index in [9.17, 15) is 19.0 Å². The van der Waals surface area contributed by atoms with Crippen molar-refractivity contribution in [1.29, 1.82) is 0 Å². The first kappa shape index (κ1) is 71.9. The van der Waals surface area contributed by atoms with Crippen molar-refractivity contribution in [2.45, 2.75) is 213 Å². The fraction of sp³-hybridized carbons (Fsp3) is 0.606. The summed E-state index contributed by atoms with van der Waals surface area (Å²) in [6.45, 7) is 3.96. The van der Waals surface area contributed by atoms with Gasteiger partial charge in [-0.25, -0.2) is 0 Å². The van der Waals surface area contributed by atoms with Gasteiger partial charge in [-0.2, -0.15) is 0 Å². The molecule has 0 heterocycles. The highest BCUT2D eigenvalue weighted by atomic mass is 31.2. The van der Waals surface area contributed by atoms with Gasteiger partial charge < -0.3 is 27.9 Å². The number of hydrogen-bond donors (Lipinski definition) is 0. The number of rotatable bonds is 52. The van der Waals surface area contributed by atoms with Crippen LogP contribution in [0.1, 0.15) is 206 Å². The number of phosphoric acid groups is 1. The summed E-state index contributed by atoms with van der Waals surface area (Å²) in [4.78, 5) is 37.9. The van der Waals surface area contributed by atoms with Crippen LogP contribution in [0.3, 0.4) is 0 Å². The second-order valence-corrected chi connectivity index (χ2v) is 21.7. The average Bonchev–Trinajstić information content (AvgIpc) is 3.38. The highest BCUT2D eigenvalue weighted by Crippen LogP contribution is 2.38. The second-order valence-electron chi connectivity index (χ2n) is 20.2. The van der Waals surface area contributed by atoms with Crippen molar-refractivity contribution < 1.29 is 42.1 Å². The summed E-state index contributed by atoms with van der Waals surface area (Å²) in [5.41, 5.74) is 0. The molecule has 0 aliphatic carbocycles. The van der Waals surface area contributed by atoms with Crippen molar-refractivity contribution in [3.63, 3.8) is 0 Å². The third kappa shape index (κ3) is 59.1. The number of ether oxygens (including phenoxy) is 2. The first-order valence-corrected chi connectivity index (χ1v) is 31.0. The number of carbonyl (C=O) groups excluding carboxylic acids is 2. The summed E-state index contributed by atoms with van der Waals surface area (Å²) in [5, 5.41) is 0.